The Kier molecular flexibility index (Phi) is 5.65. The Hall–Kier alpha value is -1.52. The molecule has 0 saturated heterocycles. The molecule has 0 spiro atoms. The number of hydrogen-bond acceptors (Lipinski definition) is 3. The fraction of sp³-hybridized carbons (Fsp3) is 0.294. The first kappa shape index (κ1) is 15.9. The molecule has 0 aromatic heterocycles. The molecule has 1 atom stereocenters. The minimum atomic E-state index is 0.258. The van der Waals surface area contributed by atoms with Crippen LogP contribution in [0.3, 0.4) is 0 Å². The molecule has 0 aliphatic carbocycles. The average molecular weight is 350 g/mol. The lowest BCUT2D eigenvalue weighted by molar-refractivity contribution is 0.354. The van der Waals surface area contributed by atoms with E-state index in [9.17, 15) is 0 Å². The first-order valence-corrected chi connectivity index (χ1v) is 7.63. The van der Waals surface area contributed by atoms with E-state index < -0.39 is 0 Å². The lowest BCUT2D eigenvalue weighted by Gasteiger charge is -2.16. The second kappa shape index (κ2) is 7.48. The molecule has 0 aliphatic heterocycles. The summed E-state index contributed by atoms with van der Waals surface area (Å²) in [5.41, 5.74) is 2.41. The highest BCUT2D eigenvalue weighted by atomic mass is 79.9. The molecule has 3 nitrogen and oxygen atoms in total. The SMILES string of the molecule is COc1ccc(CN[C@H](C)c2ccccc2Br)cc1OC. The van der Waals surface area contributed by atoms with E-state index in [0.717, 1.165) is 28.1 Å². The normalized spacial score (nSPS) is 12.0. The van der Waals surface area contributed by atoms with Gasteiger partial charge in [0.15, 0.2) is 11.5 Å². The predicted molar refractivity (Wildman–Crippen MR) is 88.9 cm³/mol. The van der Waals surface area contributed by atoms with Crippen LogP contribution in [0.2, 0.25) is 0 Å². The minimum absolute atomic E-state index is 0.258. The van der Waals surface area contributed by atoms with Gasteiger partial charge in [0.25, 0.3) is 0 Å². The molecule has 0 saturated carbocycles. The van der Waals surface area contributed by atoms with Gasteiger partial charge in [0.05, 0.1) is 14.2 Å². The number of ether oxygens (including phenoxy) is 2. The summed E-state index contributed by atoms with van der Waals surface area (Å²) in [6.45, 7) is 2.92. The molecule has 0 aliphatic rings. The quantitative estimate of drug-likeness (QED) is 0.842. The Balaban J connectivity index is 2.04. The predicted octanol–water partition coefficient (Wildman–Crippen LogP) is 4.32. The highest BCUT2D eigenvalue weighted by Crippen LogP contribution is 2.28. The Morgan fingerprint density at radius 1 is 1.05 bits per heavy atom. The summed E-state index contributed by atoms with van der Waals surface area (Å²) in [5.74, 6) is 1.51. The summed E-state index contributed by atoms with van der Waals surface area (Å²) in [6.07, 6.45) is 0. The van der Waals surface area contributed by atoms with Crippen LogP contribution >= 0.6 is 15.9 Å². The van der Waals surface area contributed by atoms with Gasteiger partial charge in [0, 0.05) is 17.1 Å². The topological polar surface area (TPSA) is 30.5 Å². The summed E-state index contributed by atoms with van der Waals surface area (Å²) in [5, 5.41) is 3.52. The molecule has 2 aromatic rings. The maximum atomic E-state index is 5.33. The zero-order valence-corrected chi connectivity index (χ0v) is 14.1. The van der Waals surface area contributed by atoms with Crippen molar-refractivity contribution in [1.82, 2.24) is 5.32 Å². The van der Waals surface area contributed by atoms with Gasteiger partial charge < -0.3 is 14.8 Å². The second-order valence-corrected chi connectivity index (χ2v) is 5.67. The Bertz CT molecular complexity index is 601. The molecule has 0 amide bonds. The van der Waals surface area contributed by atoms with Crippen LogP contribution in [0.5, 0.6) is 11.5 Å². The van der Waals surface area contributed by atoms with E-state index in [1.54, 1.807) is 14.2 Å². The van der Waals surface area contributed by atoms with E-state index in [4.69, 9.17) is 9.47 Å². The van der Waals surface area contributed by atoms with E-state index in [-0.39, 0.29) is 6.04 Å². The van der Waals surface area contributed by atoms with Crippen LogP contribution in [-0.4, -0.2) is 14.2 Å². The van der Waals surface area contributed by atoms with E-state index >= 15 is 0 Å². The van der Waals surface area contributed by atoms with Gasteiger partial charge >= 0.3 is 0 Å². The van der Waals surface area contributed by atoms with E-state index in [1.165, 1.54) is 5.56 Å². The number of halogens is 1. The van der Waals surface area contributed by atoms with Crippen LogP contribution in [0, 0.1) is 0 Å². The zero-order valence-electron chi connectivity index (χ0n) is 12.5. The highest BCUT2D eigenvalue weighted by molar-refractivity contribution is 9.10. The molecular weight excluding hydrogens is 330 g/mol. The lowest BCUT2D eigenvalue weighted by Crippen LogP contribution is -2.18. The van der Waals surface area contributed by atoms with Gasteiger partial charge in [-0.3, -0.25) is 0 Å². The number of rotatable bonds is 6. The molecule has 4 heteroatoms. The van der Waals surface area contributed by atoms with Gasteiger partial charge in [-0.15, -0.1) is 0 Å². The third-order valence-electron chi connectivity index (χ3n) is 3.43. The standard InChI is InChI=1S/C17H20BrNO2/c1-12(14-6-4-5-7-15(14)18)19-11-13-8-9-16(20-2)17(10-13)21-3/h4-10,12,19H,11H2,1-3H3/t12-/m1/s1. The summed E-state index contributed by atoms with van der Waals surface area (Å²) >= 11 is 3.59. The Morgan fingerprint density at radius 3 is 2.43 bits per heavy atom. The number of benzene rings is 2. The lowest BCUT2D eigenvalue weighted by atomic mass is 10.1. The first-order chi connectivity index (χ1) is 10.2. The van der Waals surface area contributed by atoms with Crippen molar-refractivity contribution in [3.8, 4) is 11.5 Å². The maximum absolute atomic E-state index is 5.33. The van der Waals surface area contributed by atoms with Crippen molar-refractivity contribution in [1.29, 1.82) is 0 Å². The van der Waals surface area contributed by atoms with Crippen LogP contribution in [-0.2, 0) is 6.54 Å². The minimum Gasteiger partial charge on any atom is -0.493 e. The van der Waals surface area contributed by atoms with E-state index in [1.807, 2.05) is 24.3 Å². The van der Waals surface area contributed by atoms with Gasteiger partial charge in [-0.05, 0) is 36.2 Å². The van der Waals surface area contributed by atoms with Crippen LogP contribution in [0.4, 0.5) is 0 Å². The summed E-state index contributed by atoms with van der Waals surface area (Å²) in [6, 6.07) is 14.5. The summed E-state index contributed by atoms with van der Waals surface area (Å²) in [7, 11) is 3.30. The number of nitrogens with one attached hydrogen (secondary N) is 1. The van der Waals surface area contributed by atoms with Crippen LogP contribution in [0.15, 0.2) is 46.9 Å². The molecule has 2 aromatic carbocycles. The van der Waals surface area contributed by atoms with Crippen molar-refractivity contribution >= 4 is 15.9 Å². The molecule has 21 heavy (non-hydrogen) atoms. The molecule has 112 valence electrons. The van der Waals surface area contributed by atoms with Crippen LogP contribution < -0.4 is 14.8 Å². The van der Waals surface area contributed by atoms with Crippen molar-refractivity contribution in [3.05, 3.63) is 58.1 Å². The average Bonchev–Trinajstić information content (AvgIpc) is 2.52. The van der Waals surface area contributed by atoms with Crippen LogP contribution in [0.1, 0.15) is 24.1 Å². The fourth-order valence-electron chi connectivity index (χ4n) is 2.20. The monoisotopic (exact) mass is 349 g/mol. The van der Waals surface area contributed by atoms with Crippen molar-refractivity contribution in [3.63, 3.8) is 0 Å². The maximum Gasteiger partial charge on any atom is 0.161 e. The zero-order chi connectivity index (χ0) is 15.2. The molecular formula is C17H20BrNO2. The molecule has 2 rings (SSSR count). The van der Waals surface area contributed by atoms with E-state index in [0.29, 0.717) is 0 Å². The van der Waals surface area contributed by atoms with Crippen molar-refractivity contribution in [2.24, 2.45) is 0 Å². The van der Waals surface area contributed by atoms with Gasteiger partial charge in [0.2, 0.25) is 0 Å². The van der Waals surface area contributed by atoms with Gasteiger partial charge in [-0.2, -0.15) is 0 Å². The summed E-state index contributed by atoms with van der Waals surface area (Å²) < 4.78 is 11.7. The summed E-state index contributed by atoms with van der Waals surface area (Å²) in [4.78, 5) is 0. The number of methoxy groups -OCH3 is 2. The van der Waals surface area contributed by atoms with Gasteiger partial charge in [-0.25, -0.2) is 0 Å². The third-order valence-corrected chi connectivity index (χ3v) is 4.15. The Morgan fingerprint density at radius 2 is 1.76 bits per heavy atom. The molecule has 0 fully saturated rings. The highest BCUT2D eigenvalue weighted by Gasteiger charge is 2.09. The fourth-order valence-corrected chi connectivity index (χ4v) is 2.83. The Labute approximate surface area is 134 Å². The molecule has 0 heterocycles. The molecule has 0 unspecified atom stereocenters. The van der Waals surface area contributed by atoms with Gasteiger partial charge in [0.1, 0.15) is 0 Å². The largest absolute Gasteiger partial charge is 0.493 e. The first-order valence-electron chi connectivity index (χ1n) is 6.84. The smallest absolute Gasteiger partial charge is 0.161 e. The van der Waals surface area contributed by atoms with Crippen molar-refractivity contribution in [2.45, 2.75) is 19.5 Å². The molecule has 0 bridgehead atoms. The number of hydrogen-bond donors (Lipinski definition) is 1. The van der Waals surface area contributed by atoms with Crippen molar-refractivity contribution in [2.75, 3.05) is 14.2 Å². The van der Waals surface area contributed by atoms with Crippen LogP contribution in [0.25, 0.3) is 0 Å². The molecule has 0 radical (unpaired) electrons. The van der Waals surface area contributed by atoms with Crippen molar-refractivity contribution < 1.29 is 9.47 Å². The third kappa shape index (κ3) is 3.99. The van der Waals surface area contributed by atoms with E-state index in [2.05, 4.69) is 46.4 Å². The second-order valence-electron chi connectivity index (χ2n) is 4.81. The van der Waals surface area contributed by atoms with Gasteiger partial charge in [-0.1, -0.05) is 40.2 Å². The molecule has 1 N–H and O–H groups in total.